The van der Waals surface area contributed by atoms with Crippen LogP contribution in [0.15, 0.2) is 18.2 Å². The van der Waals surface area contributed by atoms with Crippen LogP contribution in [0.4, 0.5) is 4.39 Å². The smallest absolute Gasteiger partial charge is 0.141 e. The molecule has 0 bridgehead atoms. The molecule has 0 aromatic heterocycles. The van der Waals surface area contributed by atoms with Crippen LogP contribution in [0.3, 0.4) is 0 Å². The van der Waals surface area contributed by atoms with Crippen LogP contribution in [0, 0.1) is 11.2 Å². The molecule has 0 amide bonds. The lowest BCUT2D eigenvalue weighted by molar-refractivity contribution is 0.220. The summed E-state index contributed by atoms with van der Waals surface area (Å²) in [4.78, 5) is 0. The molecule has 0 radical (unpaired) electrons. The van der Waals surface area contributed by atoms with E-state index in [0.29, 0.717) is 0 Å². The molecule has 114 valence electrons. The van der Waals surface area contributed by atoms with Crippen molar-refractivity contribution in [1.82, 2.24) is 5.32 Å². The maximum atomic E-state index is 13.3. The van der Waals surface area contributed by atoms with E-state index in [-0.39, 0.29) is 21.8 Å². The van der Waals surface area contributed by atoms with Gasteiger partial charge in [0.1, 0.15) is 5.82 Å². The topological polar surface area (TPSA) is 12.0 Å². The highest BCUT2D eigenvalue weighted by molar-refractivity contribution is 6.30. The zero-order valence-electron chi connectivity index (χ0n) is 13.3. The van der Waals surface area contributed by atoms with Gasteiger partial charge >= 0.3 is 0 Å². The van der Waals surface area contributed by atoms with E-state index in [2.05, 4.69) is 39.9 Å². The SMILES string of the molecule is CCC(CC)(CNC(C)(C)C)Cc1ccc(F)c(Cl)c1. The fraction of sp³-hybridized carbons (Fsp3) is 0.647. The summed E-state index contributed by atoms with van der Waals surface area (Å²) >= 11 is 5.89. The monoisotopic (exact) mass is 299 g/mol. The predicted octanol–water partition coefficient (Wildman–Crippen LogP) is 5.22. The molecule has 0 aliphatic rings. The summed E-state index contributed by atoms with van der Waals surface area (Å²) in [5, 5.41) is 3.82. The molecule has 1 aromatic rings. The Hall–Kier alpha value is -0.600. The van der Waals surface area contributed by atoms with Gasteiger partial charge in [0.15, 0.2) is 0 Å². The predicted molar refractivity (Wildman–Crippen MR) is 85.9 cm³/mol. The van der Waals surface area contributed by atoms with Gasteiger partial charge < -0.3 is 5.32 Å². The van der Waals surface area contributed by atoms with E-state index in [1.165, 1.54) is 6.07 Å². The van der Waals surface area contributed by atoms with Crippen molar-refractivity contribution in [2.24, 2.45) is 5.41 Å². The van der Waals surface area contributed by atoms with E-state index >= 15 is 0 Å². The van der Waals surface area contributed by atoms with Gasteiger partial charge in [0.2, 0.25) is 0 Å². The first-order valence-corrected chi connectivity index (χ1v) is 7.78. The third kappa shape index (κ3) is 5.06. The van der Waals surface area contributed by atoms with Crippen molar-refractivity contribution >= 4 is 11.6 Å². The molecule has 0 heterocycles. The molecule has 0 saturated carbocycles. The van der Waals surface area contributed by atoms with Gasteiger partial charge in [-0.2, -0.15) is 0 Å². The van der Waals surface area contributed by atoms with E-state index in [4.69, 9.17) is 11.6 Å². The minimum absolute atomic E-state index is 0.107. The molecule has 1 N–H and O–H groups in total. The first-order valence-electron chi connectivity index (χ1n) is 7.40. The summed E-state index contributed by atoms with van der Waals surface area (Å²) in [6, 6.07) is 5.07. The first-order chi connectivity index (χ1) is 9.21. The number of nitrogens with one attached hydrogen (secondary N) is 1. The fourth-order valence-electron chi connectivity index (χ4n) is 2.35. The Morgan fingerprint density at radius 2 is 1.75 bits per heavy atom. The van der Waals surface area contributed by atoms with Gasteiger partial charge in [-0.15, -0.1) is 0 Å². The summed E-state index contributed by atoms with van der Waals surface area (Å²) in [5.74, 6) is -0.346. The van der Waals surface area contributed by atoms with Crippen molar-refractivity contribution in [3.8, 4) is 0 Å². The lowest BCUT2D eigenvalue weighted by Crippen LogP contribution is -2.44. The van der Waals surface area contributed by atoms with Gasteiger partial charge in [0, 0.05) is 12.1 Å². The van der Waals surface area contributed by atoms with Crippen LogP contribution in [-0.4, -0.2) is 12.1 Å². The Kier molecular flexibility index (Phi) is 6.03. The third-order valence-corrected chi connectivity index (χ3v) is 4.35. The Labute approximate surface area is 127 Å². The largest absolute Gasteiger partial charge is 0.312 e. The highest BCUT2D eigenvalue weighted by atomic mass is 35.5. The van der Waals surface area contributed by atoms with Crippen LogP contribution in [0.2, 0.25) is 5.02 Å². The molecular formula is C17H27ClFN. The Balaban J connectivity index is 2.87. The van der Waals surface area contributed by atoms with Gasteiger partial charge in [0.05, 0.1) is 5.02 Å². The quantitative estimate of drug-likeness (QED) is 0.759. The van der Waals surface area contributed by atoms with E-state index in [1.54, 1.807) is 6.07 Å². The van der Waals surface area contributed by atoms with Crippen molar-refractivity contribution in [2.45, 2.75) is 59.4 Å². The summed E-state index contributed by atoms with van der Waals surface area (Å²) in [5.41, 5.74) is 1.40. The summed E-state index contributed by atoms with van der Waals surface area (Å²) in [7, 11) is 0. The van der Waals surface area contributed by atoms with Crippen molar-refractivity contribution in [3.63, 3.8) is 0 Å². The molecule has 0 spiro atoms. The van der Waals surface area contributed by atoms with E-state index < -0.39 is 0 Å². The van der Waals surface area contributed by atoms with Crippen molar-refractivity contribution in [3.05, 3.63) is 34.6 Å². The van der Waals surface area contributed by atoms with Crippen LogP contribution in [0.5, 0.6) is 0 Å². The molecular weight excluding hydrogens is 273 g/mol. The van der Waals surface area contributed by atoms with Crippen LogP contribution in [-0.2, 0) is 6.42 Å². The van der Waals surface area contributed by atoms with Gasteiger partial charge in [-0.05, 0) is 63.1 Å². The second kappa shape index (κ2) is 6.91. The summed E-state index contributed by atoms with van der Waals surface area (Å²) in [6.45, 7) is 11.9. The van der Waals surface area contributed by atoms with Gasteiger partial charge in [0.25, 0.3) is 0 Å². The normalized spacial score (nSPS) is 12.8. The van der Waals surface area contributed by atoms with Gasteiger partial charge in [-0.3, -0.25) is 0 Å². The van der Waals surface area contributed by atoms with Crippen molar-refractivity contribution < 1.29 is 4.39 Å². The Bertz CT molecular complexity index is 433. The second-order valence-corrected chi connectivity index (χ2v) is 7.14. The molecule has 1 rings (SSSR count). The van der Waals surface area contributed by atoms with Gasteiger partial charge in [-0.1, -0.05) is 31.5 Å². The van der Waals surface area contributed by atoms with Crippen molar-refractivity contribution in [1.29, 1.82) is 0 Å². The standard InChI is InChI=1S/C17H27ClFN/c1-6-17(7-2,12-20-16(3,4)5)11-13-8-9-15(19)14(18)10-13/h8-10,20H,6-7,11-12H2,1-5H3. The van der Waals surface area contributed by atoms with Crippen LogP contribution in [0.1, 0.15) is 53.0 Å². The minimum Gasteiger partial charge on any atom is -0.312 e. The highest BCUT2D eigenvalue weighted by Gasteiger charge is 2.28. The average Bonchev–Trinajstić information content (AvgIpc) is 2.38. The Morgan fingerprint density at radius 3 is 2.20 bits per heavy atom. The molecule has 0 atom stereocenters. The molecule has 0 fully saturated rings. The minimum atomic E-state index is -0.346. The zero-order chi connectivity index (χ0) is 15.4. The van der Waals surface area contributed by atoms with E-state index in [0.717, 1.165) is 31.4 Å². The fourth-order valence-corrected chi connectivity index (χ4v) is 2.55. The number of hydrogen-bond donors (Lipinski definition) is 1. The Morgan fingerprint density at radius 1 is 1.15 bits per heavy atom. The number of benzene rings is 1. The molecule has 0 aliphatic carbocycles. The number of halogens is 2. The van der Waals surface area contributed by atoms with E-state index in [9.17, 15) is 4.39 Å². The summed E-state index contributed by atoms with van der Waals surface area (Å²) < 4.78 is 13.3. The molecule has 1 nitrogen and oxygen atoms in total. The second-order valence-electron chi connectivity index (χ2n) is 6.74. The maximum absolute atomic E-state index is 13.3. The molecule has 0 unspecified atom stereocenters. The van der Waals surface area contributed by atoms with Crippen LogP contribution in [0.25, 0.3) is 0 Å². The maximum Gasteiger partial charge on any atom is 0.141 e. The van der Waals surface area contributed by atoms with E-state index in [1.807, 2.05) is 6.07 Å². The summed E-state index contributed by atoms with van der Waals surface area (Å²) in [6.07, 6.45) is 3.09. The third-order valence-electron chi connectivity index (χ3n) is 4.06. The average molecular weight is 300 g/mol. The molecule has 3 heteroatoms. The van der Waals surface area contributed by atoms with Crippen LogP contribution >= 0.6 is 11.6 Å². The van der Waals surface area contributed by atoms with Crippen LogP contribution < -0.4 is 5.32 Å². The van der Waals surface area contributed by atoms with Crippen molar-refractivity contribution in [2.75, 3.05) is 6.54 Å². The number of hydrogen-bond acceptors (Lipinski definition) is 1. The highest BCUT2D eigenvalue weighted by Crippen LogP contribution is 2.32. The lowest BCUT2D eigenvalue weighted by atomic mass is 9.76. The molecule has 0 aliphatic heterocycles. The molecule has 1 aromatic carbocycles. The first kappa shape index (κ1) is 17.5. The molecule has 0 saturated heterocycles. The lowest BCUT2D eigenvalue weighted by Gasteiger charge is -2.35. The zero-order valence-corrected chi connectivity index (χ0v) is 14.1. The van der Waals surface area contributed by atoms with Gasteiger partial charge in [-0.25, -0.2) is 4.39 Å². The molecule has 20 heavy (non-hydrogen) atoms. The number of rotatable bonds is 6.